The molecule has 0 aliphatic rings. The van der Waals surface area contributed by atoms with Gasteiger partial charge in [-0.05, 0) is 30.0 Å². The molecule has 1 aromatic carbocycles. The predicted molar refractivity (Wildman–Crippen MR) is 136 cm³/mol. The second-order valence-corrected chi connectivity index (χ2v) is 10.3. The number of hydrogen-bond donors (Lipinski definition) is 0. The van der Waals surface area contributed by atoms with Crippen molar-refractivity contribution in [1.29, 1.82) is 0 Å². The number of esters is 1. The Morgan fingerprint density at radius 3 is 1.69 bits per heavy atom. The molecule has 0 aliphatic heterocycles. The molecule has 276 valence electrons. The lowest BCUT2D eigenvalue weighted by Gasteiger charge is -2.42. The first-order valence-electron chi connectivity index (χ1n) is 13.6. The van der Waals surface area contributed by atoms with Crippen LogP contribution in [-0.4, -0.2) is 76.6 Å². The van der Waals surface area contributed by atoms with Crippen LogP contribution in [0.3, 0.4) is 0 Å². The molecule has 49 heavy (non-hydrogen) atoms. The molecule has 0 saturated carbocycles. The van der Waals surface area contributed by atoms with Crippen molar-refractivity contribution in [1.82, 2.24) is 9.97 Å². The summed E-state index contributed by atoms with van der Waals surface area (Å²) < 4.78 is 234. The van der Waals surface area contributed by atoms with E-state index < -0.39 is 66.6 Å². The highest BCUT2D eigenvalue weighted by Gasteiger charge is 2.92. The van der Waals surface area contributed by atoms with Gasteiger partial charge in [0.05, 0.1) is 0 Å². The van der Waals surface area contributed by atoms with E-state index in [0.717, 1.165) is 31.2 Å². The van der Waals surface area contributed by atoms with Gasteiger partial charge in [-0.25, -0.2) is 32.3 Å². The van der Waals surface area contributed by atoms with Crippen molar-refractivity contribution < 1.29 is 84.2 Å². The fraction of sp³-hybridized carbons (Fsp3) is 0.536. The molecule has 1 aromatic heterocycles. The van der Waals surface area contributed by atoms with Crippen molar-refractivity contribution in [3.8, 4) is 11.4 Å². The summed E-state index contributed by atoms with van der Waals surface area (Å²) in [5, 5.41) is 0. The Morgan fingerprint density at radius 1 is 0.735 bits per heavy atom. The third-order valence-electron chi connectivity index (χ3n) is 6.75. The van der Waals surface area contributed by atoms with Crippen LogP contribution >= 0.6 is 0 Å². The van der Waals surface area contributed by atoms with Crippen molar-refractivity contribution in [2.45, 2.75) is 93.3 Å². The first kappa shape index (κ1) is 41.5. The van der Waals surface area contributed by atoms with Crippen LogP contribution in [0.4, 0.5) is 74.6 Å². The number of rotatable bonds is 17. The number of carbonyl (C=O) groups excluding carboxylic acids is 1. The van der Waals surface area contributed by atoms with Crippen LogP contribution in [0.25, 0.3) is 17.5 Å². The largest absolute Gasteiger partial charge is 0.421 e. The van der Waals surface area contributed by atoms with E-state index in [0.29, 0.717) is 11.6 Å². The van der Waals surface area contributed by atoms with E-state index in [1.54, 1.807) is 12.4 Å². The molecule has 3 unspecified atom stereocenters. The molecule has 0 fully saturated rings. The second-order valence-electron chi connectivity index (χ2n) is 10.3. The van der Waals surface area contributed by atoms with Crippen molar-refractivity contribution in [2.75, 3.05) is 0 Å². The SMILES string of the molecule is CCCCCc1cnc(-c2ccc(C=CC(=O)OC(F)C(F)(F)C(F)(F)C(F)(F)C(F)(F)C(F)(F)C(F)(F)C(F)C(F)C(F)F)cc2)nc1. The maximum atomic E-state index is 14.0. The average molecular weight is 742 g/mol. The van der Waals surface area contributed by atoms with E-state index in [-0.39, 0.29) is 17.5 Å². The second kappa shape index (κ2) is 15.1. The zero-order valence-electron chi connectivity index (χ0n) is 24.4. The third kappa shape index (κ3) is 8.05. The molecular formula is C28H23F17N2O2. The number of benzene rings is 1. The molecule has 2 rings (SSSR count). The summed E-state index contributed by atoms with van der Waals surface area (Å²) in [6.45, 7) is 2.02. The first-order valence-corrected chi connectivity index (χ1v) is 13.6. The number of hydrogen-bond acceptors (Lipinski definition) is 4. The molecule has 0 radical (unpaired) electrons. The maximum absolute atomic E-state index is 14.0. The van der Waals surface area contributed by atoms with Gasteiger partial charge in [0.15, 0.2) is 12.0 Å². The lowest BCUT2D eigenvalue weighted by molar-refractivity contribution is -0.439. The van der Waals surface area contributed by atoms with Crippen molar-refractivity contribution in [2.24, 2.45) is 0 Å². The Morgan fingerprint density at radius 2 is 1.22 bits per heavy atom. The number of alkyl halides is 17. The van der Waals surface area contributed by atoms with Gasteiger partial charge in [-0.1, -0.05) is 44.0 Å². The van der Waals surface area contributed by atoms with E-state index in [1.807, 2.05) is 6.92 Å². The number of aromatic nitrogens is 2. The number of ether oxygens (including phenoxy) is 1. The van der Waals surface area contributed by atoms with Crippen LogP contribution < -0.4 is 0 Å². The van der Waals surface area contributed by atoms with E-state index in [2.05, 4.69) is 14.7 Å². The molecule has 0 bridgehead atoms. The summed E-state index contributed by atoms with van der Waals surface area (Å²) in [5.74, 6) is -50.7. The quantitative estimate of drug-likeness (QED) is 0.0702. The minimum Gasteiger partial charge on any atom is -0.421 e. The fourth-order valence-corrected chi connectivity index (χ4v) is 3.79. The van der Waals surface area contributed by atoms with Crippen molar-refractivity contribution >= 4 is 12.0 Å². The molecule has 21 heteroatoms. The third-order valence-corrected chi connectivity index (χ3v) is 6.75. The van der Waals surface area contributed by atoms with Gasteiger partial charge < -0.3 is 4.74 Å². The van der Waals surface area contributed by atoms with Crippen LogP contribution in [0.1, 0.15) is 37.3 Å². The minimum atomic E-state index is -8.53. The Balaban J connectivity index is 2.21. The van der Waals surface area contributed by atoms with Crippen LogP contribution in [0.2, 0.25) is 0 Å². The van der Waals surface area contributed by atoms with E-state index in [4.69, 9.17) is 0 Å². The first-order chi connectivity index (χ1) is 22.3. The highest BCUT2D eigenvalue weighted by Crippen LogP contribution is 2.61. The average Bonchev–Trinajstić information content (AvgIpc) is 3.03. The van der Waals surface area contributed by atoms with Gasteiger partial charge in [-0.2, -0.15) is 57.1 Å². The molecular weight excluding hydrogens is 719 g/mol. The monoisotopic (exact) mass is 742 g/mol. The summed E-state index contributed by atoms with van der Waals surface area (Å²) in [4.78, 5) is 20.0. The lowest BCUT2D eigenvalue weighted by atomic mass is 9.89. The summed E-state index contributed by atoms with van der Waals surface area (Å²) in [5.41, 5.74) is 1.26. The molecule has 4 nitrogen and oxygen atoms in total. The highest BCUT2D eigenvalue weighted by molar-refractivity contribution is 5.87. The standard InChI is InChI=1S/C28H23F17N2O2/c1-2-3-4-5-15-12-46-21(47-13-15)16-9-6-14(7-10-16)8-11-17(48)49-22(33)24(36,37)26(40,41)28(44,45)27(42,43)25(38,39)23(34,35)19(30)18(29)20(31)32/h6-13,18-20,22H,2-5H2,1H3. The molecule has 0 amide bonds. The maximum Gasteiger partial charge on any atom is 0.385 e. The topological polar surface area (TPSA) is 52.1 Å². The highest BCUT2D eigenvalue weighted by atomic mass is 19.4. The minimum absolute atomic E-state index is 0.00718. The van der Waals surface area contributed by atoms with Gasteiger partial charge in [0.1, 0.15) is 0 Å². The Bertz CT molecular complexity index is 1420. The predicted octanol–water partition coefficient (Wildman–Crippen LogP) is 9.48. The molecule has 2 aromatic rings. The van der Waals surface area contributed by atoms with Crippen LogP contribution in [0.15, 0.2) is 42.7 Å². The Labute approximate surface area is 265 Å². The fourth-order valence-electron chi connectivity index (χ4n) is 3.79. The van der Waals surface area contributed by atoms with Gasteiger partial charge in [0, 0.05) is 24.0 Å². The van der Waals surface area contributed by atoms with E-state index >= 15 is 0 Å². The summed E-state index contributed by atoms with van der Waals surface area (Å²) >= 11 is 0. The normalized spacial score (nSPS) is 15.8. The number of halogens is 17. The van der Waals surface area contributed by atoms with Crippen LogP contribution in [-0.2, 0) is 16.0 Å². The molecule has 3 atom stereocenters. The molecule has 0 aliphatic carbocycles. The van der Waals surface area contributed by atoms with Gasteiger partial charge >= 0.3 is 47.9 Å². The van der Waals surface area contributed by atoms with E-state index in [9.17, 15) is 79.4 Å². The van der Waals surface area contributed by atoms with E-state index in [1.165, 1.54) is 24.3 Å². The lowest BCUT2D eigenvalue weighted by Crippen LogP contribution is -2.73. The Hall–Kier alpha value is -3.68. The van der Waals surface area contributed by atoms with Gasteiger partial charge in [0.25, 0.3) is 6.43 Å². The number of carbonyl (C=O) groups is 1. The van der Waals surface area contributed by atoms with Crippen molar-refractivity contribution in [3.05, 3.63) is 53.9 Å². The van der Waals surface area contributed by atoms with Gasteiger partial charge in [0.2, 0.25) is 6.17 Å². The smallest absolute Gasteiger partial charge is 0.385 e. The zero-order valence-corrected chi connectivity index (χ0v) is 24.4. The number of unbranched alkanes of at least 4 members (excludes halogenated alkanes) is 2. The Kier molecular flexibility index (Phi) is 12.8. The molecule has 0 saturated heterocycles. The van der Waals surface area contributed by atoms with Crippen LogP contribution in [0.5, 0.6) is 0 Å². The molecule has 0 N–H and O–H groups in total. The summed E-state index contributed by atoms with van der Waals surface area (Å²) in [7, 11) is 0. The van der Waals surface area contributed by atoms with Gasteiger partial charge in [-0.3, -0.25) is 0 Å². The summed E-state index contributed by atoms with van der Waals surface area (Å²) in [6.07, 6.45) is -13.7. The number of nitrogens with zero attached hydrogens (tertiary/aromatic N) is 2. The van der Waals surface area contributed by atoms with Crippen molar-refractivity contribution in [3.63, 3.8) is 0 Å². The molecule has 1 heterocycles. The molecule has 0 spiro atoms. The van der Waals surface area contributed by atoms with Crippen LogP contribution in [0, 0.1) is 0 Å². The van der Waals surface area contributed by atoms with Gasteiger partial charge in [-0.15, -0.1) is 0 Å². The summed E-state index contributed by atoms with van der Waals surface area (Å²) in [6, 6.07) is 5.16. The zero-order chi connectivity index (χ0) is 37.8. The number of aryl methyl sites for hydroxylation is 1.